The number of nitrogens with zero attached hydrogens (tertiary/aromatic N) is 1. The summed E-state index contributed by atoms with van der Waals surface area (Å²) >= 11 is 1.45. The Morgan fingerprint density at radius 2 is 2.00 bits per heavy atom. The number of nitriles is 1. The van der Waals surface area contributed by atoms with E-state index >= 15 is 0 Å². The standard InChI is InChI=1S/C15H14N2OS/c1-10-7-8-19-14(10)15(18)17-11(2)13-5-3-12(9-16)4-6-13/h3-8,11H,1-2H3,(H,17,18). The van der Waals surface area contributed by atoms with Crippen LogP contribution in [-0.2, 0) is 0 Å². The van der Waals surface area contributed by atoms with Crippen molar-refractivity contribution in [2.45, 2.75) is 19.9 Å². The Morgan fingerprint density at radius 1 is 1.32 bits per heavy atom. The fraction of sp³-hybridized carbons (Fsp3) is 0.200. The molecule has 0 spiro atoms. The van der Waals surface area contributed by atoms with Crippen molar-refractivity contribution in [2.75, 3.05) is 0 Å². The van der Waals surface area contributed by atoms with E-state index < -0.39 is 0 Å². The maximum Gasteiger partial charge on any atom is 0.262 e. The smallest absolute Gasteiger partial charge is 0.262 e. The molecule has 96 valence electrons. The van der Waals surface area contributed by atoms with Crippen molar-refractivity contribution in [1.29, 1.82) is 5.26 Å². The molecule has 1 amide bonds. The second-order valence-electron chi connectivity index (χ2n) is 4.36. The molecule has 3 nitrogen and oxygen atoms in total. The maximum atomic E-state index is 12.1. The normalized spacial score (nSPS) is 11.6. The van der Waals surface area contributed by atoms with Crippen LogP contribution < -0.4 is 5.32 Å². The number of aryl methyl sites for hydroxylation is 1. The highest BCUT2D eigenvalue weighted by molar-refractivity contribution is 7.12. The van der Waals surface area contributed by atoms with Gasteiger partial charge in [0.2, 0.25) is 0 Å². The van der Waals surface area contributed by atoms with Crippen LogP contribution in [0.2, 0.25) is 0 Å². The molecule has 19 heavy (non-hydrogen) atoms. The minimum atomic E-state index is -0.0817. The zero-order valence-corrected chi connectivity index (χ0v) is 11.6. The third kappa shape index (κ3) is 3.01. The van der Waals surface area contributed by atoms with Crippen LogP contribution in [0.25, 0.3) is 0 Å². The third-order valence-electron chi connectivity index (χ3n) is 2.96. The molecule has 1 heterocycles. The molecule has 1 aromatic heterocycles. The Morgan fingerprint density at radius 3 is 2.53 bits per heavy atom. The van der Waals surface area contributed by atoms with E-state index in [0.717, 1.165) is 16.0 Å². The van der Waals surface area contributed by atoms with Gasteiger partial charge in [0.15, 0.2) is 0 Å². The number of benzene rings is 1. The largest absolute Gasteiger partial charge is 0.345 e. The summed E-state index contributed by atoms with van der Waals surface area (Å²) in [6, 6.07) is 11.2. The van der Waals surface area contributed by atoms with Crippen LogP contribution in [0.3, 0.4) is 0 Å². The topological polar surface area (TPSA) is 52.9 Å². The average molecular weight is 270 g/mol. The van der Waals surface area contributed by atoms with Crippen molar-refractivity contribution in [1.82, 2.24) is 5.32 Å². The molecule has 0 radical (unpaired) electrons. The van der Waals surface area contributed by atoms with Crippen LogP contribution in [0, 0.1) is 18.3 Å². The lowest BCUT2D eigenvalue weighted by molar-refractivity contribution is 0.0943. The molecule has 4 heteroatoms. The van der Waals surface area contributed by atoms with Gasteiger partial charge in [-0.15, -0.1) is 11.3 Å². The van der Waals surface area contributed by atoms with E-state index in [4.69, 9.17) is 5.26 Å². The maximum absolute atomic E-state index is 12.1. The van der Waals surface area contributed by atoms with E-state index in [1.807, 2.05) is 37.4 Å². The summed E-state index contributed by atoms with van der Waals surface area (Å²) in [5.74, 6) is -0.0515. The zero-order chi connectivity index (χ0) is 13.8. The van der Waals surface area contributed by atoms with Gasteiger partial charge in [0.05, 0.1) is 22.6 Å². The first-order chi connectivity index (χ1) is 9.11. The van der Waals surface area contributed by atoms with Crippen molar-refractivity contribution in [2.24, 2.45) is 0 Å². The second-order valence-corrected chi connectivity index (χ2v) is 5.28. The first-order valence-electron chi connectivity index (χ1n) is 5.97. The highest BCUT2D eigenvalue weighted by Crippen LogP contribution is 2.18. The molecular formula is C15H14N2OS. The van der Waals surface area contributed by atoms with Gasteiger partial charge in [0, 0.05) is 0 Å². The highest BCUT2D eigenvalue weighted by Gasteiger charge is 2.14. The van der Waals surface area contributed by atoms with E-state index in [2.05, 4.69) is 11.4 Å². The van der Waals surface area contributed by atoms with Gasteiger partial charge in [-0.25, -0.2) is 0 Å². The van der Waals surface area contributed by atoms with Gasteiger partial charge in [0.1, 0.15) is 0 Å². The molecule has 2 rings (SSSR count). The molecule has 1 aromatic carbocycles. The van der Waals surface area contributed by atoms with E-state index in [1.54, 1.807) is 12.1 Å². The lowest BCUT2D eigenvalue weighted by Crippen LogP contribution is -2.26. The second kappa shape index (κ2) is 5.68. The fourth-order valence-electron chi connectivity index (χ4n) is 1.80. The van der Waals surface area contributed by atoms with E-state index in [0.29, 0.717) is 5.56 Å². The molecule has 1 atom stereocenters. The third-order valence-corrected chi connectivity index (χ3v) is 3.97. The molecular weight excluding hydrogens is 256 g/mol. The van der Waals surface area contributed by atoms with Gasteiger partial charge in [-0.2, -0.15) is 5.26 Å². The molecule has 2 aromatic rings. The first-order valence-corrected chi connectivity index (χ1v) is 6.85. The van der Waals surface area contributed by atoms with E-state index in [1.165, 1.54) is 11.3 Å². The van der Waals surface area contributed by atoms with Gasteiger partial charge in [-0.05, 0) is 48.6 Å². The predicted octanol–water partition coefficient (Wildman–Crippen LogP) is 3.42. The first kappa shape index (κ1) is 13.3. The summed E-state index contributed by atoms with van der Waals surface area (Å²) in [6.07, 6.45) is 0. The number of hydrogen-bond acceptors (Lipinski definition) is 3. The predicted molar refractivity (Wildman–Crippen MR) is 76.1 cm³/mol. The Labute approximate surface area is 116 Å². The number of amides is 1. The molecule has 0 aliphatic carbocycles. The van der Waals surface area contributed by atoms with Crippen LogP contribution >= 0.6 is 11.3 Å². The quantitative estimate of drug-likeness (QED) is 0.929. The zero-order valence-electron chi connectivity index (χ0n) is 10.8. The average Bonchev–Trinajstić information content (AvgIpc) is 2.85. The van der Waals surface area contributed by atoms with E-state index in [-0.39, 0.29) is 11.9 Å². The van der Waals surface area contributed by atoms with Gasteiger partial charge < -0.3 is 5.32 Å². The SMILES string of the molecule is Cc1ccsc1C(=O)NC(C)c1ccc(C#N)cc1. The number of carbonyl (C=O) groups is 1. The van der Waals surface area contributed by atoms with Gasteiger partial charge in [-0.1, -0.05) is 12.1 Å². The summed E-state index contributed by atoms with van der Waals surface area (Å²) < 4.78 is 0. The summed E-state index contributed by atoms with van der Waals surface area (Å²) in [4.78, 5) is 12.8. The summed E-state index contributed by atoms with van der Waals surface area (Å²) in [5, 5.41) is 13.6. The van der Waals surface area contributed by atoms with Crippen LogP contribution in [0.1, 0.15) is 39.3 Å². The van der Waals surface area contributed by atoms with Gasteiger partial charge >= 0.3 is 0 Å². The van der Waals surface area contributed by atoms with Crippen molar-refractivity contribution >= 4 is 17.2 Å². The molecule has 0 fully saturated rings. The molecule has 0 aliphatic rings. The molecule has 1 N–H and O–H groups in total. The molecule has 0 aliphatic heterocycles. The van der Waals surface area contributed by atoms with Crippen LogP contribution in [0.4, 0.5) is 0 Å². The Bertz CT molecular complexity index is 622. The van der Waals surface area contributed by atoms with Crippen molar-refractivity contribution in [3.05, 3.63) is 57.3 Å². The number of rotatable bonds is 3. The van der Waals surface area contributed by atoms with Crippen LogP contribution in [-0.4, -0.2) is 5.91 Å². The van der Waals surface area contributed by atoms with Crippen molar-refractivity contribution < 1.29 is 4.79 Å². The summed E-state index contributed by atoms with van der Waals surface area (Å²) in [5.41, 5.74) is 2.60. The fourth-order valence-corrected chi connectivity index (χ4v) is 2.63. The Balaban J connectivity index is 2.08. The van der Waals surface area contributed by atoms with Crippen LogP contribution in [0.15, 0.2) is 35.7 Å². The van der Waals surface area contributed by atoms with E-state index in [9.17, 15) is 4.79 Å². The molecule has 0 saturated heterocycles. The monoisotopic (exact) mass is 270 g/mol. The molecule has 0 saturated carbocycles. The van der Waals surface area contributed by atoms with Crippen LogP contribution in [0.5, 0.6) is 0 Å². The Hall–Kier alpha value is -2.12. The molecule has 1 unspecified atom stereocenters. The van der Waals surface area contributed by atoms with Gasteiger partial charge in [-0.3, -0.25) is 4.79 Å². The molecule has 0 bridgehead atoms. The lowest BCUT2D eigenvalue weighted by atomic mass is 10.1. The number of hydrogen-bond donors (Lipinski definition) is 1. The minimum absolute atomic E-state index is 0.0515. The summed E-state index contributed by atoms with van der Waals surface area (Å²) in [7, 11) is 0. The highest BCUT2D eigenvalue weighted by atomic mass is 32.1. The van der Waals surface area contributed by atoms with Crippen molar-refractivity contribution in [3.63, 3.8) is 0 Å². The minimum Gasteiger partial charge on any atom is -0.345 e. The number of carbonyl (C=O) groups excluding carboxylic acids is 1. The lowest BCUT2D eigenvalue weighted by Gasteiger charge is -2.14. The Kier molecular flexibility index (Phi) is 3.98. The number of nitrogens with one attached hydrogen (secondary N) is 1. The number of thiophene rings is 1. The van der Waals surface area contributed by atoms with Gasteiger partial charge in [0.25, 0.3) is 5.91 Å². The summed E-state index contributed by atoms with van der Waals surface area (Å²) in [6.45, 7) is 3.86. The van der Waals surface area contributed by atoms with Crippen molar-refractivity contribution in [3.8, 4) is 6.07 Å².